The van der Waals surface area contributed by atoms with Crippen molar-refractivity contribution in [1.29, 1.82) is 0 Å². The van der Waals surface area contributed by atoms with Gasteiger partial charge in [0.05, 0.1) is 6.54 Å². The van der Waals surface area contributed by atoms with E-state index in [-0.39, 0.29) is 0 Å². The first kappa shape index (κ1) is 17.2. The van der Waals surface area contributed by atoms with E-state index < -0.39 is 0 Å². The van der Waals surface area contributed by atoms with Crippen LogP contribution in [0.15, 0.2) is 48.5 Å². The third-order valence-electron chi connectivity index (χ3n) is 4.30. The first-order valence-electron chi connectivity index (χ1n) is 8.59. The Labute approximate surface area is 161 Å². The maximum absolute atomic E-state index is 4.94. The lowest BCUT2D eigenvalue weighted by molar-refractivity contribution is 0.642. The fourth-order valence-corrected chi connectivity index (χ4v) is 3.10. The molecule has 2 aromatic carbocycles. The summed E-state index contributed by atoms with van der Waals surface area (Å²) in [5.41, 5.74) is 4.23. The number of hydrogen-bond donors (Lipinski definition) is 1. The summed E-state index contributed by atoms with van der Waals surface area (Å²) in [6, 6.07) is 16.4. The summed E-state index contributed by atoms with van der Waals surface area (Å²) in [6.07, 6.45) is 0.812. The maximum atomic E-state index is 4.94. The molecule has 0 aliphatic rings. The van der Waals surface area contributed by atoms with Gasteiger partial charge in [-0.2, -0.15) is 10.3 Å². The minimum Gasteiger partial charge on any atom is -0.245 e. The predicted octanol–water partition coefficient (Wildman–Crippen LogP) is 3.08. The van der Waals surface area contributed by atoms with Crippen molar-refractivity contribution >= 4 is 17.6 Å². The Bertz CT molecular complexity index is 1050. The number of rotatable bonds is 6. The van der Waals surface area contributed by atoms with Gasteiger partial charge in [-0.3, -0.25) is 0 Å². The molecule has 0 atom stereocenters. The van der Waals surface area contributed by atoms with Gasteiger partial charge in [0.1, 0.15) is 5.82 Å². The molecule has 0 fully saturated rings. The van der Waals surface area contributed by atoms with Crippen LogP contribution in [0.2, 0.25) is 0 Å². The van der Waals surface area contributed by atoms with Crippen LogP contribution in [0, 0.1) is 0 Å². The number of hydrogen-bond acceptors (Lipinski definition) is 6. The number of tetrazole rings is 1. The minimum atomic E-state index is 0.581. The molecule has 4 rings (SSSR count). The fourth-order valence-electron chi connectivity index (χ4n) is 3.00. The average molecular weight is 375 g/mol. The molecule has 4 aromatic rings. The Balaban J connectivity index is 1.62. The van der Waals surface area contributed by atoms with Crippen molar-refractivity contribution in [3.05, 3.63) is 65.7 Å². The molecule has 2 heterocycles. The SMILES string of the molecule is CCc1nc(C=S)nn1Cc1ccc(-c2ccccc2-c2nn[nH]n2)cc1. The Kier molecular flexibility index (Phi) is 4.80. The molecule has 0 radical (unpaired) electrons. The van der Waals surface area contributed by atoms with Gasteiger partial charge in [0.15, 0.2) is 5.82 Å². The van der Waals surface area contributed by atoms with Crippen LogP contribution in [0.5, 0.6) is 0 Å². The second kappa shape index (κ2) is 7.55. The number of thiocarbonyl (C=S) groups is 1. The third kappa shape index (κ3) is 3.52. The van der Waals surface area contributed by atoms with Gasteiger partial charge in [-0.1, -0.05) is 67.7 Å². The van der Waals surface area contributed by atoms with Crippen molar-refractivity contribution in [3.63, 3.8) is 0 Å². The quantitative estimate of drug-likeness (QED) is 0.521. The standard InChI is InChI=1S/C19H17N7S/c1-2-18-20-17(12-27)23-26(18)11-13-7-9-14(10-8-13)15-5-3-4-6-16(15)19-21-24-25-22-19/h3-10,12H,2,11H2,1H3,(H,21,22,24,25). The molecule has 0 bridgehead atoms. The molecular formula is C19H17N7S. The molecule has 7 nitrogen and oxygen atoms in total. The average Bonchev–Trinajstić information content (AvgIpc) is 3.38. The van der Waals surface area contributed by atoms with Gasteiger partial charge in [0.25, 0.3) is 0 Å². The molecule has 2 aromatic heterocycles. The van der Waals surface area contributed by atoms with Gasteiger partial charge in [-0.25, -0.2) is 9.67 Å². The molecule has 0 spiro atoms. The zero-order valence-electron chi connectivity index (χ0n) is 14.7. The van der Waals surface area contributed by atoms with Crippen LogP contribution in [0.1, 0.15) is 24.1 Å². The van der Waals surface area contributed by atoms with Crippen LogP contribution in [0.25, 0.3) is 22.5 Å². The van der Waals surface area contributed by atoms with Crippen LogP contribution < -0.4 is 0 Å². The molecular weight excluding hydrogens is 358 g/mol. The van der Waals surface area contributed by atoms with Crippen LogP contribution in [-0.4, -0.2) is 40.8 Å². The Morgan fingerprint density at radius 2 is 1.85 bits per heavy atom. The molecule has 0 saturated heterocycles. The van der Waals surface area contributed by atoms with E-state index in [0.717, 1.165) is 34.5 Å². The zero-order chi connectivity index (χ0) is 18.6. The molecule has 0 saturated carbocycles. The number of nitrogens with one attached hydrogen (secondary N) is 1. The Hall–Kier alpha value is -3.26. The highest BCUT2D eigenvalue weighted by Crippen LogP contribution is 2.29. The third-order valence-corrected chi connectivity index (χ3v) is 4.51. The largest absolute Gasteiger partial charge is 0.245 e. The van der Waals surface area contributed by atoms with Crippen molar-refractivity contribution in [2.24, 2.45) is 0 Å². The second-order valence-corrected chi connectivity index (χ2v) is 6.23. The summed E-state index contributed by atoms with van der Waals surface area (Å²) in [5.74, 6) is 2.10. The second-order valence-electron chi connectivity index (χ2n) is 5.99. The van der Waals surface area contributed by atoms with E-state index in [1.54, 1.807) is 0 Å². The lowest BCUT2D eigenvalue weighted by Crippen LogP contribution is -2.06. The summed E-state index contributed by atoms with van der Waals surface area (Å²) in [7, 11) is 0. The van der Waals surface area contributed by atoms with Gasteiger partial charge in [-0.15, -0.1) is 10.2 Å². The highest BCUT2D eigenvalue weighted by atomic mass is 32.1. The summed E-state index contributed by atoms with van der Waals surface area (Å²) in [4.78, 5) is 4.42. The first-order chi connectivity index (χ1) is 13.3. The topological polar surface area (TPSA) is 85.2 Å². The molecule has 1 N–H and O–H groups in total. The number of aromatic nitrogens is 7. The van der Waals surface area contributed by atoms with Crippen molar-refractivity contribution < 1.29 is 0 Å². The smallest absolute Gasteiger partial charge is 0.205 e. The zero-order valence-corrected chi connectivity index (χ0v) is 15.5. The molecule has 0 amide bonds. The molecule has 27 heavy (non-hydrogen) atoms. The molecule has 0 aliphatic heterocycles. The van der Waals surface area contributed by atoms with E-state index in [1.807, 2.05) is 22.9 Å². The Morgan fingerprint density at radius 3 is 2.52 bits per heavy atom. The highest BCUT2D eigenvalue weighted by Gasteiger charge is 2.11. The fraction of sp³-hybridized carbons (Fsp3) is 0.158. The van der Waals surface area contributed by atoms with Gasteiger partial charge < -0.3 is 0 Å². The van der Waals surface area contributed by atoms with Crippen LogP contribution in [0.3, 0.4) is 0 Å². The molecule has 8 heteroatoms. The first-order valence-corrected chi connectivity index (χ1v) is 9.06. The number of H-pyrrole nitrogens is 1. The maximum Gasteiger partial charge on any atom is 0.205 e. The van der Waals surface area contributed by atoms with Crippen molar-refractivity contribution in [1.82, 2.24) is 35.4 Å². The number of benzene rings is 2. The number of nitrogens with zero attached hydrogens (tertiary/aromatic N) is 6. The van der Waals surface area contributed by atoms with Gasteiger partial charge in [0.2, 0.25) is 5.82 Å². The Morgan fingerprint density at radius 1 is 1.07 bits per heavy atom. The lowest BCUT2D eigenvalue weighted by Gasteiger charge is -2.09. The van der Waals surface area contributed by atoms with E-state index in [2.05, 4.69) is 68.0 Å². The van der Waals surface area contributed by atoms with Crippen LogP contribution in [0.4, 0.5) is 0 Å². The number of aryl methyl sites for hydroxylation is 1. The number of aromatic amines is 1. The monoisotopic (exact) mass is 375 g/mol. The van der Waals surface area contributed by atoms with E-state index in [4.69, 9.17) is 12.2 Å². The summed E-state index contributed by atoms with van der Waals surface area (Å²) in [5, 5.41) is 20.3. The van der Waals surface area contributed by atoms with E-state index in [1.165, 1.54) is 5.37 Å². The van der Waals surface area contributed by atoms with Gasteiger partial charge in [0, 0.05) is 17.4 Å². The van der Waals surface area contributed by atoms with Crippen molar-refractivity contribution in [2.75, 3.05) is 0 Å². The molecule has 0 aliphatic carbocycles. The van der Waals surface area contributed by atoms with Crippen molar-refractivity contribution in [2.45, 2.75) is 19.9 Å². The summed E-state index contributed by atoms with van der Waals surface area (Å²) in [6.45, 7) is 2.72. The van der Waals surface area contributed by atoms with E-state index in [9.17, 15) is 0 Å². The van der Waals surface area contributed by atoms with Crippen LogP contribution >= 0.6 is 12.2 Å². The van der Waals surface area contributed by atoms with Crippen LogP contribution in [-0.2, 0) is 13.0 Å². The molecule has 134 valence electrons. The predicted molar refractivity (Wildman–Crippen MR) is 106 cm³/mol. The van der Waals surface area contributed by atoms with Crippen molar-refractivity contribution in [3.8, 4) is 22.5 Å². The lowest BCUT2D eigenvalue weighted by atomic mass is 9.98. The normalized spacial score (nSPS) is 10.9. The van der Waals surface area contributed by atoms with E-state index in [0.29, 0.717) is 18.2 Å². The minimum absolute atomic E-state index is 0.581. The highest BCUT2D eigenvalue weighted by molar-refractivity contribution is 7.79. The summed E-state index contributed by atoms with van der Waals surface area (Å²) < 4.78 is 1.90. The molecule has 0 unspecified atom stereocenters. The summed E-state index contributed by atoms with van der Waals surface area (Å²) >= 11 is 4.94. The van der Waals surface area contributed by atoms with Gasteiger partial charge in [-0.05, 0) is 21.9 Å². The van der Waals surface area contributed by atoms with Gasteiger partial charge >= 0.3 is 0 Å². The van der Waals surface area contributed by atoms with E-state index >= 15 is 0 Å².